The Morgan fingerprint density at radius 1 is 1.36 bits per heavy atom. The van der Waals surface area contributed by atoms with Crippen molar-refractivity contribution < 1.29 is 19.0 Å². The van der Waals surface area contributed by atoms with Crippen LogP contribution in [0.3, 0.4) is 0 Å². The minimum Gasteiger partial charge on any atom is -0.481 e. The van der Waals surface area contributed by atoms with Crippen molar-refractivity contribution in [3.05, 3.63) is 52.3 Å². The SMILES string of the molecule is Bc1cc(C#N)ccc1Oc1cc(F)c(CC(=O)O)cc1Cl. The van der Waals surface area contributed by atoms with E-state index < -0.39 is 18.2 Å². The van der Waals surface area contributed by atoms with Crippen molar-refractivity contribution >= 4 is 30.9 Å². The third kappa shape index (κ3) is 3.57. The van der Waals surface area contributed by atoms with Gasteiger partial charge >= 0.3 is 5.97 Å². The summed E-state index contributed by atoms with van der Waals surface area (Å²) in [6.07, 6.45) is -0.457. The van der Waals surface area contributed by atoms with Crippen LogP contribution < -0.4 is 10.2 Å². The fraction of sp³-hybridized carbons (Fsp3) is 0.0667. The van der Waals surface area contributed by atoms with Gasteiger partial charge in [0.1, 0.15) is 25.2 Å². The van der Waals surface area contributed by atoms with Gasteiger partial charge in [-0.25, -0.2) is 4.39 Å². The number of nitrogens with zero attached hydrogens (tertiary/aromatic N) is 1. The molecule has 0 heterocycles. The summed E-state index contributed by atoms with van der Waals surface area (Å²) in [6.45, 7) is 0. The molecule has 0 unspecified atom stereocenters. The molecule has 0 spiro atoms. The number of carboxylic acids is 1. The van der Waals surface area contributed by atoms with E-state index in [0.29, 0.717) is 16.8 Å². The molecule has 2 aromatic carbocycles. The molecule has 22 heavy (non-hydrogen) atoms. The predicted molar refractivity (Wildman–Crippen MR) is 82.2 cm³/mol. The van der Waals surface area contributed by atoms with Gasteiger partial charge in [0.15, 0.2) is 0 Å². The first-order valence-electron chi connectivity index (χ1n) is 6.29. The van der Waals surface area contributed by atoms with Crippen molar-refractivity contribution in [1.82, 2.24) is 0 Å². The smallest absolute Gasteiger partial charge is 0.307 e. The zero-order valence-corrected chi connectivity index (χ0v) is 12.3. The molecule has 0 fully saturated rings. The van der Waals surface area contributed by atoms with Crippen LogP contribution in [-0.2, 0) is 11.2 Å². The lowest BCUT2D eigenvalue weighted by Crippen LogP contribution is -2.08. The van der Waals surface area contributed by atoms with Crippen molar-refractivity contribution in [2.24, 2.45) is 0 Å². The lowest BCUT2D eigenvalue weighted by molar-refractivity contribution is -0.136. The average molecular weight is 318 g/mol. The van der Waals surface area contributed by atoms with Gasteiger partial charge in [-0.05, 0) is 29.7 Å². The average Bonchev–Trinajstić information content (AvgIpc) is 2.45. The Morgan fingerprint density at radius 2 is 2.09 bits per heavy atom. The number of ether oxygens (including phenoxy) is 1. The van der Waals surface area contributed by atoms with Crippen LogP contribution >= 0.6 is 11.6 Å². The first-order chi connectivity index (χ1) is 10.4. The number of benzene rings is 2. The highest BCUT2D eigenvalue weighted by molar-refractivity contribution is 6.34. The molecule has 2 aromatic rings. The van der Waals surface area contributed by atoms with Gasteiger partial charge in [0.2, 0.25) is 0 Å². The van der Waals surface area contributed by atoms with E-state index in [9.17, 15) is 9.18 Å². The molecule has 0 saturated carbocycles. The van der Waals surface area contributed by atoms with E-state index in [0.717, 1.165) is 6.07 Å². The summed E-state index contributed by atoms with van der Waals surface area (Å²) in [7, 11) is 1.75. The molecule has 0 atom stereocenters. The van der Waals surface area contributed by atoms with Crippen molar-refractivity contribution in [1.29, 1.82) is 5.26 Å². The standard InChI is InChI=1S/C15H10BClFNO3/c16-10-3-8(7-19)1-2-13(10)22-14-6-12(18)9(4-11(14)17)5-15(20)21/h1-4,6H,5,16H2,(H,20,21). The van der Waals surface area contributed by atoms with Crippen LogP contribution in [0.2, 0.25) is 5.02 Å². The molecule has 0 aromatic heterocycles. The van der Waals surface area contributed by atoms with E-state index in [-0.39, 0.29) is 16.3 Å². The molecule has 0 radical (unpaired) electrons. The maximum absolute atomic E-state index is 13.9. The predicted octanol–water partition coefficient (Wildman–Crippen LogP) is 2.03. The number of hydrogen-bond acceptors (Lipinski definition) is 3. The molecule has 0 aliphatic heterocycles. The summed E-state index contributed by atoms with van der Waals surface area (Å²) in [5.74, 6) is -1.33. The zero-order chi connectivity index (χ0) is 16.3. The second-order valence-corrected chi connectivity index (χ2v) is 5.05. The van der Waals surface area contributed by atoms with Crippen molar-refractivity contribution in [2.75, 3.05) is 0 Å². The molecule has 0 bridgehead atoms. The van der Waals surface area contributed by atoms with E-state index in [2.05, 4.69) is 0 Å². The quantitative estimate of drug-likeness (QED) is 0.876. The van der Waals surface area contributed by atoms with Gasteiger partial charge < -0.3 is 9.84 Å². The molecule has 1 N–H and O–H groups in total. The van der Waals surface area contributed by atoms with E-state index in [1.807, 2.05) is 6.07 Å². The van der Waals surface area contributed by atoms with Crippen molar-refractivity contribution in [2.45, 2.75) is 6.42 Å². The Balaban J connectivity index is 2.33. The van der Waals surface area contributed by atoms with Gasteiger partial charge in [-0.15, -0.1) is 0 Å². The molecular weight excluding hydrogens is 307 g/mol. The lowest BCUT2D eigenvalue weighted by atomic mass is 9.93. The number of rotatable bonds is 4. The van der Waals surface area contributed by atoms with Gasteiger partial charge in [-0.3, -0.25) is 4.79 Å². The summed E-state index contributed by atoms with van der Waals surface area (Å²) in [5, 5.41) is 17.6. The first kappa shape index (κ1) is 15.9. The molecule has 7 heteroatoms. The maximum atomic E-state index is 13.9. The minimum atomic E-state index is -1.15. The van der Waals surface area contributed by atoms with Gasteiger partial charge in [0.05, 0.1) is 23.1 Å². The number of carboxylic acid groups (broad SMARTS) is 1. The highest BCUT2D eigenvalue weighted by Crippen LogP contribution is 2.31. The summed E-state index contributed by atoms with van der Waals surface area (Å²) in [6, 6.07) is 9.10. The molecule has 0 aliphatic carbocycles. The van der Waals surface area contributed by atoms with Gasteiger partial charge in [0.25, 0.3) is 0 Å². The van der Waals surface area contributed by atoms with Crippen LogP contribution in [-0.4, -0.2) is 18.9 Å². The van der Waals surface area contributed by atoms with Crippen LogP contribution in [0, 0.1) is 17.1 Å². The number of carbonyl (C=O) groups is 1. The molecule has 110 valence electrons. The van der Waals surface area contributed by atoms with Crippen LogP contribution in [0.15, 0.2) is 30.3 Å². The number of halogens is 2. The molecule has 0 amide bonds. The number of hydrogen-bond donors (Lipinski definition) is 1. The monoisotopic (exact) mass is 317 g/mol. The second-order valence-electron chi connectivity index (χ2n) is 4.64. The summed E-state index contributed by atoms with van der Waals surface area (Å²) < 4.78 is 19.4. The van der Waals surface area contributed by atoms with Gasteiger partial charge in [-0.1, -0.05) is 11.6 Å². The Hall–Kier alpha value is -2.52. The minimum absolute atomic E-state index is 0.0126. The summed E-state index contributed by atoms with van der Waals surface area (Å²) in [5.41, 5.74) is 1.17. The largest absolute Gasteiger partial charge is 0.481 e. The Morgan fingerprint density at radius 3 is 2.68 bits per heavy atom. The third-order valence-corrected chi connectivity index (χ3v) is 3.26. The Labute approximate surface area is 132 Å². The molecule has 4 nitrogen and oxygen atoms in total. The summed E-state index contributed by atoms with van der Waals surface area (Å²) >= 11 is 6.01. The Kier molecular flexibility index (Phi) is 4.69. The number of aliphatic carboxylic acids is 1. The van der Waals surface area contributed by atoms with Crippen molar-refractivity contribution in [3.63, 3.8) is 0 Å². The van der Waals surface area contributed by atoms with Crippen LogP contribution in [0.5, 0.6) is 11.5 Å². The second kappa shape index (κ2) is 6.50. The molecule has 2 rings (SSSR count). The molecule has 0 aliphatic rings. The zero-order valence-electron chi connectivity index (χ0n) is 11.6. The van der Waals surface area contributed by atoms with E-state index in [4.69, 9.17) is 26.7 Å². The fourth-order valence-electron chi connectivity index (χ4n) is 1.90. The van der Waals surface area contributed by atoms with Gasteiger partial charge in [0, 0.05) is 11.6 Å². The van der Waals surface area contributed by atoms with Crippen LogP contribution in [0.4, 0.5) is 4.39 Å². The van der Waals surface area contributed by atoms with Gasteiger partial charge in [-0.2, -0.15) is 5.26 Å². The molecular formula is C15H10BClFNO3. The summed E-state index contributed by atoms with van der Waals surface area (Å²) in [4.78, 5) is 10.6. The fourth-order valence-corrected chi connectivity index (χ4v) is 2.12. The lowest BCUT2D eigenvalue weighted by Gasteiger charge is -2.12. The highest BCUT2D eigenvalue weighted by atomic mass is 35.5. The molecule has 0 saturated heterocycles. The van der Waals surface area contributed by atoms with Crippen LogP contribution in [0.1, 0.15) is 11.1 Å². The highest BCUT2D eigenvalue weighted by Gasteiger charge is 2.14. The van der Waals surface area contributed by atoms with Crippen molar-refractivity contribution in [3.8, 4) is 17.6 Å². The number of nitriles is 1. The van der Waals surface area contributed by atoms with E-state index in [1.54, 1.807) is 26.0 Å². The Bertz CT molecular complexity index is 789. The van der Waals surface area contributed by atoms with Crippen LogP contribution in [0.25, 0.3) is 0 Å². The third-order valence-electron chi connectivity index (χ3n) is 2.97. The topological polar surface area (TPSA) is 70.3 Å². The van der Waals surface area contributed by atoms with E-state index >= 15 is 0 Å². The first-order valence-corrected chi connectivity index (χ1v) is 6.67. The normalized spacial score (nSPS) is 10.0. The van der Waals surface area contributed by atoms with E-state index in [1.165, 1.54) is 6.07 Å². The maximum Gasteiger partial charge on any atom is 0.307 e.